The van der Waals surface area contributed by atoms with E-state index in [1.807, 2.05) is 0 Å². The van der Waals surface area contributed by atoms with Crippen LogP contribution in [0.3, 0.4) is 0 Å². The number of nitrogens with zero attached hydrogens (tertiary/aromatic N) is 3. The Hall–Kier alpha value is -0.708. The van der Waals surface area contributed by atoms with Crippen LogP contribution in [0.5, 0.6) is 0 Å². The summed E-state index contributed by atoms with van der Waals surface area (Å²) in [6, 6.07) is 0.329. The number of allylic oxidation sites excluding steroid dienone is 1. The molecule has 0 bridgehead atoms. The summed E-state index contributed by atoms with van der Waals surface area (Å²) >= 11 is 0. The fourth-order valence-corrected chi connectivity index (χ4v) is 2.91. The number of ether oxygens (including phenoxy) is 2. The molecule has 1 aliphatic carbocycles. The molecule has 1 N–H and O–H groups in total. The van der Waals surface area contributed by atoms with Crippen LogP contribution in [0.2, 0.25) is 0 Å². The fraction of sp³-hybridized carbons (Fsp3) is 0.550. The van der Waals surface area contributed by atoms with E-state index < -0.39 is 0 Å². The van der Waals surface area contributed by atoms with E-state index in [1.165, 1.54) is 0 Å². The Labute approximate surface area is 186 Å². The third-order valence-electron chi connectivity index (χ3n) is 4.20. The van der Waals surface area contributed by atoms with Gasteiger partial charge in [0, 0.05) is 37.5 Å². The number of anilines is 1. The smallest absolute Gasteiger partial charge is 0.379 e. The van der Waals surface area contributed by atoms with E-state index in [1.54, 1.807) is 6.33 Å². The Morgan fingerprint density at radius 2 is 2.07 bits per heavy atom. The molecule has 2 heterocycles. The van der Waals surface area contributed by atoms with Crippen LogP contribution in [-0.2, 0) is 9.47 Å². The summed E-state index contributed by atoms with van der Waals surface area (Å²) in [4.78, 5) is 11.2. The van der Waals surface area contributed by atoms with E-state index in [0.717, 1.165) is 67.8 Å². The molecular formula is C20H30N4O2U. The van der Waals surface area contributed by atoms with Crippen LogP contribution in [0.1, 0.15) is 20.3 Å². The van der Waals surface area contributed by atoms with Crippen LogP contribution in [0.25, 0.3) is 12.2 Å². The zero-order valence-electron chi connectivity index (χ0n) is 16.6. The Morgan fingerprint density at radius 3 is 2.81 bits per heavy atom. The second kappa shape index (κ2) is 12.7. The molecule has 1 aromatic heterocycles. The minimum Gasteiger partial charge on any atom is -0.379 e. The molecule has 0 aromatic carbocycles. The normalized spacial score (nSPS) is 16.6. The van der Waals surface area contributed by atoms with E-state index in [2.05, 4.69) is 52.3 Å². The first-order valence-electron chi connectivity index (χ1n) is 8.99. The summed E-state index contributed by atoms with van der Waals surface area (Å²) in [5.41, 5.74) is 1.05. The molecule has 27 heavy (non-hydrogen) atoms. The SMILES string of the molecule is CC(C)Nc1ncnc2c1=CC[C-]=C(COCCN1CCOCC1)C=2.[CH3-].[U+2]. The average molecular weight is 597 g/mol. The van der Waals surface area contributed by atoms with Gasteiger partial charge >= 0.3 is 31.1 Å². The number of rotatable bonds is 7. The largest absolute Gasteiger partial charge is 2.00 e. The van der Waals surface area contributed by atoms with Crippen molar-refractivity contribution in [2.45, 2.75) is 26.3 Å². The van der Waals surface area contributed by atoms with Gasteiger partial charge in [-0.25, -0.2) is 4.98 Å². The van der Waals surface area contributed by atoms with Crippen LogP contribution in [-0.4, -0.2) is 67.0 Å². The maximum absolute atomic E-state index is 5.86. The van der Waals surface area contributed by atoms with E-state index in [-0.39, 0.29) is 38.5 Å². The monoisotopic (exact) mass is 596 g/mol. The number of hydrogen-bond acceptors (Lipinski definition) is 6. The number of fused-ring (bicyclic) bond motifs is 1. The van der Waals surface area contributed by atoms with Crippen molar-refractivity contribution in [3.05, 3.63) is 36.0 Å². The Morgan fingerprint density at radius 1 is 1.30 bits per heavy atom. The zero-order chi connectivity index (χ0) is 17.5. The first kappa shape index (κ1) is 24.3. The summed E-state index contributed by atoms with van der Waals surface area (Å²) in [7, 11) is 0. The molecular weight excluding hydrogens is 566 g/mol. The molecule has 0 spiro atoms. The molecule has 1 fully saturated rings. The van der Waals surface area contributed by atoms with E-state index in [0.29, 0.717) is 12.6 Å². The van der Waals surface area contributed by atoms with Gasteiger partial charge < -0.3 is 22.2 Å². The van der Waals surface area contributed by atoms with E-state index >= 15 is 0 Å². The van der Waals surface area contributed by atoms with Gasteiger partial charge in [0.1, 0.15) is 12.1 Å². The Bertz CT molecular complexity index is 715. The van der Waals surface area contributed by atoms with Gasteiger partial charge in [0.05, 0.1) is 19.8 Å². The Kier molecular flexibility index (Phi) is 11.4. The molecule has 1 aromatic rings. The topological polar surface area (TPSA) is 59.5 Å². The third kappa shape index (κ3) is 7.67. The van der Waals surface area contributed by atoms with Crippen molar-refractivity contribution in [3.63, 3.8) is 0 Å². The minimum absolute atomic E-state index is 0. The number of morpholine rings is 1. The van der Waals surface area contributed by atoms with Gasteiger partial charge in [0.15, 0.2) is 0 Å². The molecule has 6 nitrogen and oxygen atoms in total. The Balaban J connectivity index is 0.00000182. The van der Waals surface area contributed by atoms with Crippen LogP contribution >= 0.6 is 0 Å². The van der Waals surface area contributed by atoms with Gasteiger partial charge in [-0.2, -0.15) is 11.6 Å². The van der Waals surface area contributed by atoms with Gasteiger partial charge in [0.25, 0.3) is 0 Å². The molecule has 2 aliphatic rings. The van der Waals surface area contributed by atoms with Crippen molar-refractivity contribution >= 4 is 18.0 Å². The molecule has 3 rings (SSSR count). The van der Waals surface area contributed by atoms with Crippen molar-refractivity contribution in [3.8, 4) is 0 Å². The second-order valence-corrected chi connectivity index (χ2v) is 6.58. The van der Waals surface area contributed by atoms with Crippen LogP contribution in [0.15, 0.2) is 11.9 Å². The molecule has 146 valence electrons. The predicted octanol–water partition coefficient (Wildman–Crippen LogP) is 0.790. The number of nitrogens with one attached hydrogen (secondary N) is 1. The summed E-state index contributed by atoms with van der Waals surface area (Å²) in [6.45, 7) is 10.1. The molecule has 0 unspecified atom stereocenters. The van der Waals surface area contributed by atoms with Crippen molar-refractivity contribution in [2.75, 3.05) is 51.4 Å². The second-order valence-electron chi connectivity index (χ2n) is 6.58. The maximum atomic E-state index is 5.86. The first-order chi connectivity index (χ1) is 12.2. The average Bonchev–Trinajstić information content (AvgIpc) is 2.82. The third-order valence-corrected chi connectivity index (χ3v) is 4.20. The molecule has 0 saturated carbocycles. The maximum Gasteiger partial charge on any atom is 2.00 e. The quantitative estimate of drug-likeness (QED) is 0.372. The molecule has 0 atom stereocenters. The first-order valence-corrected chi connectivity index (χ1v) is 8.99. The van der Waals surface area contributed by atoms with E-state index in [9.17, 15) is 0 Å². The van der Waals surface area contributed by atoms with Gasteiger partial charge in [-0.05, 0) is 19.2 Å². The minimum atomic E-state index is 0. The molecule has 1 aliphatic heterocycles. The standard InChI is InChI=1S/C19H27N4O2.CH3.U/c1-15(2)22-19-17-5-3-4-16(12-18(17)20-14-21-19)13-25-11-8-23-6-9-24-10-7-23;;/h5,12,14-15H,3,6-11,13H2,1-2H3,(H,20,21,22);1H3;/q2*-1;+2. The van der Waals surface area contributed by atoms with Gasteiger partial charge in [-0.1, -0.05) is 12.5 Å². The van der Waals surface area contributed by atoms with Crippen molar-refractivity contribution < 1.29 is 40.6 Å². The van der Waals surface area contributed by atoms with Crippen molar-refractivity contribution in [1.82, 2.24) is 14.9 Å². The molecule has 1 saturated heterocycles. The van der Waals surface area contributed by atoms with Gasteiger partial charge in [-0.3, -0.25) is 16.0 Å². The van der Waals surface area contributed by atoms with E-state index in [4.69, 9.17) is 9.47 Å². The van der Waals surface area contributed by atoms with Crippen LogP contribution in [0, 0.1) is 44.6 Å². The van der Waals surface area contributed by atoms with Gasteiger partial charge in [-0.15, -0.1) is 0 Å². The summed E-state index contributed by atoms with van der Waals surface area (Å²) in [5, 5.41) is 5.35. The predicted molar refractivity (Wildman–Crippen MR) is 105 cm³/mol. The van der Waals surface area contributed by atoms with Crippen LogP contribution < -0.4 is 15.9 Å². The van der Waals surface area contributed by atoms with Crippen molar-refractivity contribution in [2.24, 2.45) is 0 Å². The molecule has 0 amide bonds. The summed E-state index contributed by atoms with van der Waals surface area (Å²) < 4.78 is 11.2. The van der Waals surface area contributed by atoms with Gasteiger partial charge in [0.2, 0.25) is 0 Å². The summed E-state index contributed by atoms with van der Waals surface area (Å²) in [6.07, 6.45) is 9.93. The van der Waals surface area contributed by atoms with Crippen LogP contribution in [0.4, 0.5) is 5.82 Å². The number of hydrogen-bond donors (Lipinski definition) is 1. The fourth-order valence-electron chi connectivity index (χ4n) is 2.91. The molecule has 0 radical (unpaired) electrons. The zero-order valence-corrected chi connectivity index (χ0v) is 20.8. The molecule has 7 heteroatoms. The summed E-state index contributed by atoms with van der Waals surface area (Å²) in [5.74, 6) is 0.882. The number of aromatic nitrogens is 2. The van der Waals surface area contributed by atoms with Crippen molar-refractivity contribution in [1.29, 1.82) is 0 Å².